The average molecular weight is 312 g/mol. The van der Waals surface area contributed by atoms with E-state index in [0.29, 0.717) is 11.3 Å². The van der Waals surface area contributed by atoms with Crippen LogP contribution in [0.5, 0.6) is 5.75 Å². The van der Waals surface area contributed by atoms with Crippen LogP contribution < -0.4 is 4.74 Å². The number of methoxy groups -OCH3 is 1. The highest BCUT2D eigenvalue weighted by Gasteiger charge is 2.24. The second kappa shape index (κ2) is 6.65. The molecule has 0 atom stereocenters. The van der Waals surface area contributed by atoms with Crippen molar-refractivity contribution in [2.24, 2.45) is 0 Å². The molecule has 0 radical (unpaired) electrons. The van der Waals surface area contributed by atoms with Gasteiger partial charge in [0.25, 0.3) is 0 Å². The summed E-state index contributed by atoms with van der Waals surface area (Å²) in [6.45, 7) is 5.35. The predicted octanol–water partition coefficient (Wildman–Crippen LogP) is 3.88. The Kier molecular flexibility index (Phi) is 4.84. The molecule has 2 rings (SSSR count). The summed E-state index contributed by atoms with van der Waals surface area (Å²) in [4.78, 5) is 25.1. The van der Waals surface area contributed by atoms with E-state index in [1.807, 2.05) is 6.07 Å². The van der Waals surface area contributed by atoms with E-state index in [1.54, 1.807) is 63.2 Å². The molecule has 0 N–H and O–H groups in total. The van der Waals surface area contributed by atoms with Gasteiger partial charge in [0.15, 0.2) is 5.78 Å². The Bertz CT molecular complexity index is 712. The minimum Gasteiger partial charge on any atom is -0.497 e. The fourth-order valence-electron chi connectivity index (χ4n) is 2.09. The van der Waals surface area contributed by atoms with E-state index < -0.39 is 11.6 Å². The molecule has 0 amide bonds. The first kappa shape index (κ1) is 16.7. The summed E-state index contributed by atoms with van der Waals surface area (Å²) in [6, 6.07) is 13.6. The molecule has 0 unspecified atom stereocenters. The molecule has 0 heterocycles. The summed E-state index contributed by atoms with van der Waals surface area (Å²) in [5.41, 5.74) is 0.370. The number of benzene rings is 2. The van der Waals surface area contributed by atoms with Gasteiger partial charge in [-0.15, -0.1) is 0 Å². The molecule has 2 aromatic rings. The highest BCUT2D eigenvalue weighted by Crippen LogP contribution is 2.23. The van der Waals surface area contributed by atoms with E-state index in [9.17, 15) is 9.59 Å². The van der Waals surface area contributed by atoms with Gasteiger partial charge >= 0.3 is 5.97 Å². The van der Waals surface area contributed by atoms with Crippen molar-refractivity contribution in [1.29, 1.82) is 0 Å². The molecule has 4 nitrogen and oxygen atoms in total. The molecule has 0 fully saturated rings. The first-order valence-corrected chi connectivity index (χ1v) is 7.33. The van der Waals surface area contributed by atoms with Crippen molar-refractivity contribution < 1.29 is 19.1 Å². The van der Waals surface area contributed by atoms with Crippen molar-refractivity contribution in [2.45, 2.75) is 26.4 Å². The molecule has 0 aliphatic heterocycles. The standard InChI is InChI=1S/C19H20O4/c1-19(2,3)23-18(21)15-11-10-14(22-4)12-16(15)17(20)13-8-6-5-7-9-13/h5-12H,1-4H3. The molecule has 23 heavy (non-hydrogen) atoms. The summed E-state index contributed by atoms with van der Waals surface area (Å²) < 4.78 is 10.6. The molecule has 4 heteroatoms. The third-order valence-corrected chi connectivity index (χ3v) is 3.13. The van der Waals surface area contributed by atoms with Gasteiger partial charge in [0, 0.05) is 11.1 Å². The lowest BCUT2D eigenvalue weighted by Gasteiger charge is -2.20. The lowest BCUT2D eigenvalue weighted by molar-refractivity contribution is 0.00679. The van der Waals surface area contributed by atoms with Crippen molar-refractivity contribution in [1.82, 2.24) is 0 Å². The summed E-state index contributed by atoms with van der Waals surface area (Å²) in [5.74, 6) is -0.263. The maximum absolute atomic E-state index is 12.7. The second-order valence-corrected chi connectivity index (χ2v) is 6.11. The Hall–Kier alpha value is -2.62. The van der Waals surface area contributed by atoms with Gasteiger partial charge in [0.05, 0.1) is 12.7 Å². The average Bonchev–Trinajstić information content (AvgIpc) is 2.52. The first-order valence-electron chi connectivity index (χ1n) is 7.33. The summed E-state index contributed by atoms with van der Waals surface area (Å²) in [7, 11) is 1.51. The number of hydrogen-bond donors (Lipinski definition) is 0. The quantitative estimate of drug-likeness (QED) is 0.635. The van der Waals surface area contributed by atoms with Crippen LogP contribution in [0, 0.1) is 0 Å². The number of rotatable bonds is 4. The molecule has 2 aromatic carbocycles. The molecule has 0 aromatic heterocycles. The van der Waals surface area contributed by atoms with Gasteiger partial charge < -0.3 is 9.47 Å². The molecule has 0 saturated carbocycles. The predicted molar refractivity (Wildman–Crippen MR) is 88.0 cm³/mol. The lowest BCUT2D eigenvalue weighted by atomic mass is 9.98. The van der Waals surface area contributed by atoms with Crippen LogP contribution in [0.4, 0.5) is 0 Å². The Balaban J connectivity index is 2.48. The number of esters is 1. The van der Waals surface area contributed by atoms with Crippen LogP contribution in [-0.2, 0) is 4.74 Å². The zero-order chi connectivity index (χ0) is 17.0. The zero-order valence-electron chi connectivity index (χ0n) is 13.8. The molecule has 120 valence electrons. The number of carbonyl (C=O) groups is 2. The fraction of sp³-hybridized carbons (Fsp3) is 0.263. The minimum absolute atomic E-state index is 0.231. The van der Waals surface area contributed by atoms with Crippen LogP contribution in [0.3, 0.4) is 0 Å². The number of carbonyl (C=O) groups excluding carboxylic acids is 2. The second-order valence-electron chi connectivity index (χ2n) is 6.11. The van der Waals surface area contributed by atoms with Gasteiger partial charge in [-0.1, -0.05) is 30.3 Å². The topological polar surface area (TPSA) is 52.6 Å². The van der Waals surface area contributed by atoms with Crippen LogP contribution >= 0.6 is 0 Å². The molecule has 0 spiro atoms. The van der Waals surface area contributed by atoms with Crippen molar-refractivity contribution in [3.05, 3.63) is 65.2 Å². The molecular formula is C19H20O4. The monoisotopic (exact) mass is 312 g/mol. The van der Waals surface area contributed by atoms with Crippen LogP contribution in [0.2, 0.25) is 0 Å². The fourth-order valence-corrected chi connectivity index (χ4v) is 2.09. The van der Waals surface area contributed by atoms with Crippen LogP contribution in [0.15, 0.2) is 48.5 Å². The number of ether oxygens (including phenoxy) is 2. The Morgan fingerprint density at radius 3 is 2.13 bits per heavy atom. The van der Waals surface area contributed by atoms with Gasteiger partial charge in [0.1, 0.15) is 11.4 Å². The highest BCUT2D eigenvalue weighted by atomic mass is 16.6. The normalized spacial score (nSPS) is 11.0. The van der Waals surface area contributed by atoms with Crippen molar-refractivity contribution in [2.75, 3.05) is 7.11 Å². The van der Waals surface area contributed by atoms with Gasteiger partial charge in [0.2, 0.25) is 0 Å². The number of ketones is 1. The van der Waals surface area contributed by atoms with E-state index in [2.05, 4.69) is 0 Å². The van der Waals surface area contributed by atoms with E-state index >= 15 is 0 Å². The molecular weight excluding hydrogens is 292 g/mol. The summed E-state index contributed by atoms with van der Waals surface area (Å²) in [5, 5.41) is 0. The maximum Gasteiger partial charge on any atom is 0.339 e. The largest absolute Gasteiger partial charge is 0.497 e. The molecule has 0 saturated heterocycles. The van der Waals surface area contributed by atoms with Crippen LogP contribution in [0.25, 0.3) is 0 Å². The third kappa shape index (κ3) is 4.19. The minimum atomic E-state index is -0.635. The molecule has 0 bridgehead atoms. The van der Waals surface area contributed by atoms with E-state index in [0.717, 1.165) is 0 Å². The smallest absolute Gasteiger partial charge is 0.339 e. The van der Waals surface area contributed by atoms with Crippen molar-refractivity contribution >= 4 is 11.8 Å². The van der Waals surface area contributed by atoms with Crippen LogP contribution in [0.1, 0.15) is 47.1 Å². The highest BCUT2D eigenvalue weighted by molar-refractivity contribution is 6.14. The summed E-state index contributed by atoms with van der Waals surface area (Å²) >= 11 is 0. The number of hydrogen-bond acceptors (Lipinski definition) is 4. The van der Waals surface area contributed by atoms with E-state index in [4.69, 9.17) is 9.47 Å². The Labute approximate surface area is 136 Å². The first-order chi connectivity index (χ1) is 10.8. The van der Waals surface area contributed by atoms with Gasteiger partial charge in [-0.25, -0.2) is 4.79 Å². The Morgan fingerprint density at radius 1 is 0.913 bits per heavy atom. The molecule has 0 aliphatic rings. The van der Waals surface area contributed by atoms with Crippen molar-refractivity contribution in [3.8, 4) is 5.75 Å². The maximum atomic E-state index is 12.7. The van der Waals surface area contributed by atoms with Gasteiger partial charge in [-0.05, 0) is 39.0 Å². The zero-order valence-corrected chi connectivity index (χ0v) is 13.8. The van der Waals surface area contributed by atoms with Gasteiger partial charge in [-0.2, -0.15) is 0 Å². The summed E-state index contributed by atoms with van der Waals surface area (Å²) in [6.07, 6.45) is 0. The van der Waals surface area contributed by atoms with Crippen LogP contribution in [-0.4, -0.2) is 24.5 Å². The van der Waals surface area contributed by atoms with Gasteiger partial charge in [-0.3, -0.25) is 4.79 Å². The third-order valence-electron chi connectivity index (χ3n) is 3.13. The lowest BCUT2D eigenvalue weighted by Crippen LogP contribution is -2.25. The molecule has 0 aliphatic carbocycles. The Morgan fingerprint density at radius 2 is 1.57 bits per heavy atom. The van der Waals surface area contributed by atoms with E-state index in [1.165, 1.54) is 7.11 Å². The SMILES string of the molecule is COc1ccc(C(=O)OC(C)(C)C)c(C(=O)c2ccccc2)c1. The van der Waals surface area contributed by atoms with E-state index in [-0.39, 0.29) is 16.9 Å². The van der Waals surface area contributed by atoms with Crippen molar-refractivity contribution in [3.63, 3.8) is 0 Å².